The standard InChI is InChI=1S/C125H160O15/c1-6-11-16-21-26-31-36-41-66-131-116-76-111-72-107-82-123(138-93-103-60-50-98(88-128)51-61-103)113(78-118(107)133-68-43-38-33-28-23-18-13-8-3)74-109-84-125(140-95-105-64-54-100(90-130)55-65-105)115(80-120(109)135-70-45-40-35-30-25-20-15-10-5)75-110-85-124(139-94-104-62-52-99(89-129)53-63-104)114(79-119(110)134-69-44-39-34-29-24-19-14-9-4)73-108-83-122(137-92-102-58-48-97(87-127)49-59-102)112(77-117(108)132-67-42-37-32-27-22-17-12-7-2)71-106(116)81-121(111)136-91-101-56-46-96(86-126)47-57-101/h46-65,76-90H,6-45,66-75,91-95H2,1-5H3. The number of aldehydes is 5. The van der Waals surface area contributed by atoms with E-state index in [9.17, 15) is 24.0 Å². The molecule has 10 bridgehead atoms. The van der Waals surface area contributed by atoms with Crippen LogP contribution >= 0.6 is 0 Å². The smallest absolute Gasteiger partial charge is 0.150 e. The van der Waals surface area contributed by atoms with Crippen LogP contribution in [0.5, 0.6) is 57.5 Å². The van der Waals surface area contributed by atoms with Gasteiger partial charge in [0.25, 0.3) is 0 Å². The first-order chi connectivity index (χ1) is 69.0. The Balaban J connectivity index is 1.20. The molecule has 10 aliphatic rings. The fourth-order valence-electron chi connectivity index (χ4n) is 18.3. The summed E-state index contributed by atoms with van der Waals surface area (Å²) < 4.78 is 73.6. The average molecular weight is 1900 g/mol. The fourth-order valence-corrected chi connectivity index (χ4v) is 18.3. The van der Waals surface area contributed by atoms with Gasteiger partial charge in [-0.2, -0.15) is 0 Å². The monoisotopic (exact) mass is 1900 g/mol. The number of benzene rings is 10. The molecular weight excluding hydrogens is 1740 g/mol. The zero-order valence-electron chi connectivity index (χ0n) is 85.2. The predicted octanol–water partition coefficient (Wildman–Crippen LogP) is 32.5. The molecule has 750 valence electrons. The second-order valence-electron chi connectivity index (χ2n) is 38.6. The van der Waals surface area contributed by atoms with Gasteiger partial charge in [-0.05, 0) is 121 Å². The maximum atomic E-state index is 12.3. The van der Waals surface area contributed by atoms with Crippen molar-refractivity contribution in [2.45, 2.75) is 357 Å². The van der Waals surface area contributed by atoms with Crippen molar-refractivity contribution in [3.8, 4) is 57.5 Å². The molecule has 10 aliphatic carbocycles. The molecule has 0 saturated carbocycles. The van der Waals surface area contributed by atoms with Crippen molar-refractivity contribution in [1.29, 1.82) is 0 Å². The highest BCUT2D eigenvalue weighted by Crippen LogP contribution is 2.45. The van der Waals surface area contributed by atoms with Crippen LogP contribution in [0, 0.1) is 0 Å². The number of hydrogen-bond donors (Lipinski definition) is 0. The number of hydrogen-bond acceptors (Lipinski definition) is 15. The van der Waals surface area contributed by atoms with Gasteiger partial charge in [-0.15, -0.1) is 0 Å². The Morgan fingerprint density at radius 1 is 0.164 bits per heavy atom. The van der Waals surface area contributed by atoms with Gasteiger partial charge in [0, 0.05) is 116 Å². The third-order valence-electron chi connectivity index (χ3n) is 27.0. The van der Waals surface area contributed by atoms with E-state index >= 15 is 0 Å². The van der Waals surface area contributed by atoms with Crippen LogP contribution < -0.4 is 47.4 Å². The zero-order chi connectivity index (χ0) is 98.0. The topological polar surface area (TPSA) is 178 Å². The quantitative estimate of drug-likeness (QED) is 0.0259. The molecule has 10 aromatic carbocycles. The molecule has 0 amide bonds. The molecule has 140 heavy (non-hydrogen) atoms. The molecule has 0 N–H and O–H groups in total. The first-order valence-corrected chi connectivity index (χ1v) is 53.8. The Kier molecular flexibility index (Phi) is 49.9. The highest BCUT2D eigenvalue weighted by Gasteiger charge is 2.27. The molecule has 15 nitrogen and oxygen atoms in total. The molecule has 15 heteroatoms. The highest BCUT2D eigenvalue weighted by atomic mass is 16.5. The summed E-state index contributed by atoms with van der Waals surface area (Å²) in [7, 11) is 0. The largest absolute Gasteiger partial charge is 0.493 e. The van der Waals surface area contributed by atoms with E-state index in [2.05, 4.69) is 95.3 Å². The van der Waals surface area contributed by atoms with Crippen LogP contribution in [0.25, 0.3) is 0 Å². The van der Waals surface area contributed by atoms with Gasteiger partial charge in [0.15, 0.2) is 0 Å². The summed E-state index contributed by atoms with van der Waals surface area (Å²) in [5.41, 5.74) is 15.8. The third-order valence-corrected chi connectivity index (χ3v) is 27.0. The van der Waals surface area contributed by atoms with Crippen LogP contribution in [0.3, 0.4) is 0 Å². The number of unbranched alkanes of at least 4 members (excludes halogenated alkanes) is 35. The third kappa shape index (κ3) is 38.2. The fraction of sp³-hybridized carbons (Fsp3) is 0.480. The molecule has 0 aliphatic heterocycles. The lowest BCUT2D eigenvalue weighted by atomic mass is 9.94. The maximum Gasteiger partial charge on any atom is 0.150 e. The maximum absolute atomic E-state index is 12.3. The molecule has 0 saturated heterocycles. The number of carbonyl (C=O) groups is 5. The second kappa shape index (κ2) is 64.1. The lowest BCUT2D eigenvalue weighted by Gasteiger charge is -2.22. The van der Waals surface area contributed by atoms with Crippen LogP contribution in [-0.2, 0) is 65.1 Å². The minimum atomic E-state index is 0.177. The molecular formula is C125H160O15. The van der Waals surface area contributed by atoms with Crippen molar-refractivity contribution >= 4 is 31.4 Å². The SMILES string of the molecule is CCCCCCCCCCOc1cc2c(OCc3ccc(C=O)cc3)cc1Cc1cc(OCCCCCCCCCC)c(cc1OCc1ccc(C=O)cc1)Cc1cc(OCCCCCCCCCC)c(cc1OCc1ccc(C=O)cc1)Cc1cc(OCCCCCCCCCC)c(cc1OCc1ccc(C=O)cc1)Cc1cc(OCCCCCCCCCC)c(cc1OCc1ccc(C=O)cc1)C2. The van der Waals surface area contributed by atoms with Gasteiger partial charge in [-0.3, -0.25) is 24.0 Å². The Morgan fingerprint density at radius 3 is 0.414 bits per heavy atom. The lowest BCUT2D eigenvalue weighted by Crippen LogP contribution is -2.09. The predicted molar refractivity (Wildman–Crippen MR) is 568 cm³/mol. The van der Waals surface area contributed by atoms with Crippen molar-refractivity contribution in [3.05, 3.63) is 293 Å². The molecule has 0 unspecified atom stereocenters. The second-order valence-corrected chi connectivity index (χ2v) is 38.6. The van der Waals surface area contributed by atoms with E-state index in [1.54, 1.807) is 0 Å². The van der Waals surface area contributed by atoms with Crippen LogP contribution in [0.4, 0.5) is 0 Å². The van der Waals surface area contributed by atoms with Gasteiger partial charge in [0.2, 0.25) is 0 Å². The van der Waals surface area contributed by atoms with Crippen LogP contribution in [0.1, 0.15) is 427 Å². The van der Waals surface area contributed by atoms with Crippen molar-refractivity contribution in [2.24, 2.45) is 0 Å². The van der Waals surface area contributed by atoms with E-state index in [4.69, 9.17) is 47.4 Å². The van der Waals surface area contributed by atoms with E-state index in [0.717, 1.165) is 211 Å². The van der Waals surface area contributed by atoms with Crippen LogP contribution in [0.15, 0.2) is 182 Å². The van der Waals surface area contributed by atoms with Gasteiger partial charge in [-0.1, -0.05) is 381 Å². The normalized spacial score (nSPS) is 11.8. The average Bonchev–Trinajstić information content (AvgIpc) is 0.861. The van der Waals surface area contributed by atoms with Gasteiger partial charge in [-0.25, -0.2) is 0 Å². The van der Waals surface area contributed by atoms with Gasteiger partial charge >= 0.3 is 0 Å². The summed E-state index contributed by atoms with van der Waals surface area (Å²) in [6.45, 7) is 14.5. The van der Waals surface area contributed by atoms with Crippen molar-refractivity contribution in [2.75, 3.05) is 33.0 Å². The van der Waals surface area contributed by atoms with Crippen LogP contribution in [0.2, 0.25) is 0 Å². The van der Waals surface area contributed by atoms with Crippen LogP contribution in [-0.4, -0.2) is 64.5 Å². The van der Waals surface area contributed by atoms with Gasteiger partial charge in [0.05, 0.1) is 33.0 Å². The summed E-state index contributed by atoms with van der Waals surface area (Å²) in [5, 5.41) is 0. The minimum absolute atomic E-state index is 0.177. The molecule has 0 spiro atoms. The van der Waals surface area contributed by atoms with E-state index in [1.165, 1.54) is 161 Å². The Labute approximate surface area is 838 Å². The van der Waals surface area contributed by atoms with Crippen molar-refractivity contribution in [3.63, 3.8) is 0 Å². The lowest BCUT2D eigenvalue weighted by molar-refractivity contribution is 0.111. The Bertz CT molecular complexity index is 4510. The van der Waals surface area contributed by atoms with Gasteiger partial charge < -0.3 is 47.4 Å². The first kappa shape index (κ1) is 109. The molecule has 0 fully saturated rings. The summed E-state index contributed by atoms with van der Waals surface area (Å²) in [4.78, 5) is 61.3. The Morgan fingerprint density at radius 2 is 0.286 bits per heavy atom. The summed E-state index contributed by atoms with van der Waals surface area (Å²) in [6, 6.07) is 59.5. The number of rotatable bonds is 70. The molecule has 0 aromatic heterocycles. The minimum Gasteiger partial charge on any atom is -0.493 e. The summed E-state index contributed by atoms with van der Waals surface area (Å²) in [6.07, 6.45) is 51.1. The van der Waals surface area contributed by atoms with E-state index < -0.39 is 0 Å². The number of carbonyl (C=O) groups excluding carboxylic acids is 5. The van der Waals surface area contributed by atoms with Crippen molar-refractivity contribution < 1.29 is 71.3 Å². The van der Waals surface area contributed by atoms with E-state index in [0.29, 0.717) is 150 Å². The molecule has 10 aromatic rings. The summed E-state index contributed by atoms with van der Waals surface area (Å²) >= 11 is 0. The molecule has 0 radical (unpaired) electrons. The highest BCUT2D eigenvalue weighted by molar-refractivity contribution is 5.77. The number of ether oxygens (including phenoxy) is 10. The molecule has 0 atom stereocenters. The van der Waals surface area contributed by atoms with E-state index in [1.807, 2.05) is 121 Å². The first-order valence-electron chi connectivity index (χ1n) is 53.8. The van der Waals surface area contributed by atoms with Gasteiger partial charge in [0.1, 0.15) is 122 Å². The zero-order valence-corrected chi connectivity index (χ0v) is 85.2. The molecule has 0 heterocycles. The van der Waals surface area contributed by atoms with Crippen molar-refractivity contribution in [1.82, 2.24) is 0 Å². The summed E-state index contributed by atoms with van der Waals surface area (Å²) in [5.74, 6) is 6.64. The Hall–Kier alpha value is -11.5. The molecule has 20 rings (SSSR count). The van der Waals surface area contributed by atoms with E-state index in [-0.39, 0.29) is 33.0 Å².